The summed E-state index contributed by atoms with van der Waals surface area (Å²) in [6, 6.07) is 5.87. The zero-order valence-corrected chi connectivity index (χ0v) is 11.3. The molecule has 104 valence electrons. The van der Waals surface area contributed by atoms with Crippen LogP contribution in [-0.2, 0) is 22.5 Å². The molecule has 1 aromatic rings. The van der Waals surface area contributed by atoms with E-state index in [1.165, 1.54) is 5.56 Å². The molecule has 20 heavy (non-hydrogen) atoms. The number of fused-ring (bicyclic) bond motifs is 1. The molecule has 0 saturated heterocycles. The lowest BCUT2D eigenvalue weighted by molar-refractivity contribution is -0.117. The normalized spacial score (nSPS) is 18.4. The number of rotatable bonds is 2. The summed E-state index contributed by atoms with van der Waals surface area (Å²) in [5.74, 6) is -0.0304. The third-order valence-electron chi connectivity index (χ3n) is 3.75. The van der Waals surface area contributed by atoms with E-state index < -0.39 is 0 Å². The quantitative estimate of drug-likeness (QED) is 0.868. The average molecular weight is 272 g/mol. The van der Waals surface area contributed by atoms with Crippen molar-refractivity contribution in [2.24, 2.45) is 5.73 Å². The Morgan fingerprint density at radius 2 is 2.05 bits per heavy atom. The van der Waals surface area contributed by atoms with Crippen LogP contribution < -0.4 is 5.73 Å². The second-order valence-electron chi connectivity index (χ2n) is 5.05. The highest BCUT2D eigenvalue weighted by molar-refractivity contribution is 6.03. The number of ether oxygens (including phenoxy) is 1. The largest absolute Gasteiger partial charge is 0.469 e. The van der Waals surface area contributed by atoms with Crippen LogP contribution in [0.25, 0.3) is 0 Å². The first-order valence-electron chi connectivity index (χ1n) is 6.66. The molecule has 0 radical (unpaired) electrons. The van der Waals surface area contributed by atoms with E-state index in [2.05, 4.69) is 6.92 Å². The smallest absolute Gasteiger partial charge is 0.221 e. The van der Waals surface area contributed by atoms with Crippen LogP contribution in [0.5, 0.6) is 0 Å². The van der Waals surface area contributed by atoms with E-state index in [0.29, 0.717) is 12.2 Å². The lowest BCUT2D eigenvalue weighted by Crippen LogP contribution is -2.37. The second kappa shape index (κ2) is 4.67. The Bertz CT molecular complexity index is 634. The molecule has 2 aliphatic heterocycles. The number of hydrogen-bond donors (Lipinski definition) is 1. The number of nitrogens with zero attached hydrogens (tertiary/aromatic N) is 1. The molecule has 2 aliphatic rings. The van der Waals surface area contributed by atoms with Crippen molar-refractivity contribution < 1.29 is 14.3 Å². The lowest BCUT2D eigenvalue weighted by Gasteiger charge is -2.29. The molecule has 5 heteroatoms. The summed E-state index contributed by atoms with van der Waals surface area (Å²) in [6.07, 6.45) is 0.911. The Labute approximate surface area is 117 Å². The number of nitrogens with two attached hydrogens (primary N) is 1. The van der Waals surface area contributed by atoms with Crippen molar-refractivity contribution in [1.29, 1.82) is 0 Å². The number of benzene rings is 1. The SMILES string of the molecule is CCc1ccc2c(c1)CN(C1=C(N)OCC1=O)CC2=O. The van der Waals surface area contributed by atoms with Crippen molar-refractivity contribution in [3.8, 4) is 0 Å². The van der Waals surface area contributed by atoms with Crippen molar-refractivity contribution in [2.75, 3.05) is 13.2 Å². The van der Waals surface area contributed by atoms with Crippen LogP contribution in [0.4, 0.5) is 0 Å². The van der Waals surface area contributed by atoms with E-state index in [1.54, 1.807) is 4.90 Å². The predicted octanol–water partition coefficient (Wildman–Crippen LogP) is 0.974. The van der Waals surface area contributed by atoms with E-state index in [-0.39, 0.29) is 30.6 Å². The molecule has 0 fully saturated rings. The molecule has 0 unspecified atom stereocenters. The average Bonchev–Trinajstić information content (AvgIpc) is 2.77. The van der Waals surface area contributed by atoms with Crippen molar-refractivity contribution in [3.05, 3.63) is 46.5 Å². The van der Waals surface area contributed by atoms with E-state index in [4.69, 9.17) is 10.5 Å². The standard InChI is InChI=1S/C15H16N2O3/c1-2-9-3-4-11-10(5-9)6-17(7-12(11)18)14-13(19)8-20-15(14)16/h3-5H,2,6-8,16H2,1H3. The molecule has 2 N–H and O–H groups in total. The highest BCUT2D eigenvalue weighted by Gasteiger charge is 2.33. The van der Waals surface area contributed by atoms with Gasteiger partial charge in [-0.3, -0.25) is 9.59 Å². The number of aryl methyl sites for hydroxylation is 1. The molecule has 0 bridgehead atoms. The molecule has 0 aliphatic carbocycles. The van der Waals surface area contributed by atoms with Gasteiger partial charge in [0.15, 0.2) is 12.4 Å². The van der Waals surface area contributed by atoms with E-state index >= 15 is 0 Å². The summed E-state index contributed by atoms with van der Waals surface area (Å²) >= 11 is 0. The van der Waals surface area contributed by atoms with Gasteiger partial charge < -0.3 is 15.4 Å². The maximum atomic E-state index is 12.2. The minimum absolute atomic E-state index is 0.00824. The zero-order valence-electron chi connectivity index (χ0n) is 11.3. The van der Waals surface area contributed by atoms with Gasteiger partial charge in [-0.15, -0.1) is 0 Å². The molecule has 1 aromatic carbocycles. The van der Waals surface area contributed by atoms with Crippen molar-refractivity contribution in [3.63, 3.8) is 0 Å². The monoisotopic (exact) mass is 272 g/mol. The summed E-state index contributed by atoms with van der Waals surface area (Å²) < 4.78 is 5.05. The fourth-order valence-electron chi connectivity index (χ4n) is 2.70. The van der Waals surface area contributed by atoms with Gasteiger partial charge in [0.2, 0.25) is 11.7 Å². The highest BCUT2D eigenvalue weighted by atomic mass is 16.5. The summed E-state index contributed by atoms with van der Waals surface area (Å²) in [4.78, 5) is 25.7. The first kappa shape index (κ1) is 12.7. The Kier molecular flexibility index (Phi) is 2.97. The molecular weight excluding hydrogens is 256 g/mol. The van der Waals surface area contributed by atoms with Gasteiger partial charge in [0.1, 0.15) is 5.70 Å². The Hall–Kier alpha value is -2.30. The number of hydrogen-bond acceptors (Lipinski definition) is 5. The van der Waals surface area contributed by atoms with Crippen molar-refractivity contribution in [2.45, 2.75) is 19.9 Å². The van der Waals surface area contributed by atoms with Gasteiger partial charge in [-0.1, -0.05) is 25.1 Å². The van der Waals surface area contributed by atoms with Gasteiger partial charge in [0.05, 0.1) is 6.54 Å². The third-order valence-corrected chi connectivity index (χ3v) is 3.75. The molecule has 0 saturated carbocycles. The van der Waals surface area contributed by atoms with Gasteiger partial charge >= 0.3 is 0 Å². The fourth-order valence-corrected chi connectivity index (χ4v) is 2.70. The maximum absolute atomic E-state index is 12.2. The van der Waals surface area contributed by atoms with Gasteiger partial charge in [-0.05, 0) is 17.5 Å². The van der Waals surface area contributed by atoms with Crippen molar-refractivity contribution >= 4 is 11.6 Å². The summed E-state index contributed by atoms with van der Waals surface area (Å²) in [5.41, 5.74) is 8.90. The van der Waals surface area contributed by atoms with Crippen LogP contribution in [0.15, 0.2) is 29.8 Å². The second-order valence-corrected chi connectivity index (χ2v) is 5.05. The zero-order chi connectivity index (χ0) is 14.3. The lowest BCUT2D eigenvalue weighted by atomic mass is 9.95. The van der Waals surface area contributed by atoms with Crippen LogP contribution in [0.1, 0.15) is 28.4 Å². The molecule has 2 heterocycles. The number of ketones is 2. The molecule has 3 rings (SSSR count). The fraction of sp³-hybridized carbons (Fsp3) is 0.333. The summed E-state index contributed by atoms with van der Waals surface area (Å²) in [7, 11) is 0. The van der Waals surface area contributed by atoms with Gasteiger partial charge in [-0.2, -0.15) is 0 Å². The number of carbonyl (C=O) groups excluding carboxylic acids is 2. The maximum Gasteiger partial charge on any atom is 0.221 e. The minimum atomic E-state index is -0.162. The highest BCUT2D eigenvalue weighted by Crippen LogP contribution is 2.26. The molecule has 5 nitrogen and oxygen atoms in total. The van der Waals surface area contributed by atoms with Gasteiger partial charge in [0, 0.05) is 12.1 Å². The molecule has 0 spiro atoms. The first-order valence-corrected chi connectivity index (χ1v) is 6.66. The van der Waals surface area contributed by atoms with Gasteiger partial charge in [0.25, 0.3) is 0 Å². The van der Waals surface area contributed by atoms with Crippen LogP contribution >= 0.6 is 0 Å². The van der Waals surface area contributed by atoms with Crippen LogP contribution in [0.2, 0.25) is 0 Å². The molecule has 0 aromatic heterocycles. The van der Waals surface area contributed by atoms with E-state index in [1.807, 2.05) is 18.2 Å². The Morgan fingerprint density at radius 1 is 1.25 bits per heavy atom. The summed E-state index contributed by atoms with van der Waals surface area (Å²) in [5, 5.41) is 0. The van der Waals surface area contributed by atoms with Crippen LogP contribution in [0.3, 0.4) is 0 Å². The first-order chi connectivity index (χ1) is 9.60. The van der Waals surface area contributed by atoms with Crippen molar-refractivity contribution in [1.82, 2.24) is 4.90 Å². The van der Waals surface area contributed by atoms with Crippen LogP contribution in [0, 0.1) is 0 Å². The predicted molar refractivity (Wildman–Crippen MR) is 72.7 cm³/mol. The van der Waals surface area contributed by atoms with Gasteiger partial charge in [-0.25, -0.2) is 0 Å². The Morgan fingerprint density at radius 3 is 2.70 bits per heavy atom. The number of carbonyl (C=O) groups is 2. The topological polar surface area (TPSA) is 72.6 Å². The van der Waals surface area contributed by atoms with E-state index in [0.717, 1.165) is 17.5 Å². The molecule has 0 atom stereocenters. The minimum Gasteiger partial charge on any atom is -0.469 e. The Balaban J connectivity index is 1.97. The molecular formula is C15H16N2O3. The van der Waals surface area contributed by atoms with E-state index in [9.17, 15) is 9.59 Å². The summed E-state index contributed by atoms with van der Waals surface area (Å²) in [6.45, 7) is 2.72. The third kappa shape index (κ3) is 1.95. The van der Waals surface area contributed by atoms with Crippen LogP contribution in [-0.4, -0.2) is 29.6 Å². The molecule has 0 amide bonds. The number of Topliss-reactive ketones (excluding diaryl/α,β-unsaturated/α-hetero) is 2.